The molecule has 0 radical (unpaired) electrons. The molecule has 2 heterocycles. The van der Waals surface area contributed by atoms with Crippen LogP contribution >= 0.6 is 0 Å². The zero-order valence-corrected chi connectivity index (χ0v) is 11.2. The van der Waals surface area contributed by atoms with Gasteiger partial charge in [0.25, 0.3) is 0 Å². The average Bonchev–Trinajstić information content (AvgIpc) is 2.86. The normalized spacial score (nSPS) is 17.6. The summed E-state index contributed by atoms with van der Waals surface area (Å²) in [6.45, 7) is 6.10. The molecule has 0 aromatic rings. The van der Waals surface area contributed by atoms with Gasteiger partial charge in [0.1, 0.15) is 11.4 Å². The van der Waals surface area contributed by atoms with Gasteiger partial charge in [-0.3, -0.25) is 0 Å². The molecule has 1 saturated heterocycles. The molecule has 0 unspecified atom stereocenters. The molecule has 0 atom stereocenters. The van der Waals surface area contributed by atoms with E-state index in [1.54, 1.807) is 19.9 Å². The Labute approximate surface area is 112 Å². The van der Waals surface area contributed by atoms with E-state index in [9.17, 15) is 9.59 Å². The topological polar surface area (TPSA) is 67.9 Å². The van der Waals surface area contributed by atoms with Gasteiger partial charge in [0.15, 0.2) is 0 Å². The average molecular weight is 266 g/mol. The summed E-state index contributed by atoms with van der Waals surface area (Å²) >= 11 is 0. The molecular formula is C13H18N2O4. The molecule has 2 rings (SSSR count). The fourth-order valence-corrected chi connectivity index (χ4v) is 2.16. The van der Waals surface area contributed by atoms with Crippen LogP contribution in [0.4, 0.5) is 0 Å². The molecule has 0 amide bonds. The van der Waals surface area contributed by atoms with Gasteiger partial charge in [-0.1, -0.05) is 0 Å². The summed E-state index contributed by atoms with van der Waals surface area (Å²) in [4.78, 5) is 25.7. The molecule has 19 heavy (non-hydrogen) atoms. The highest BCUT2D eigenvalue weighted by atomic mass is 16.5. The number of carbonyl (C=O) groups excluding carboxylic acids is 2. The maximum atomic E-state index is 11.9. The fourth-order valence-electron chi connectivity index (χ4n) is 2.16. The van der Waals surface area contributed by atoms with Crippen LogP contribution in [-0.4, -0.2) is 49.7 Å². The van der Waals surface area contributed by atoms with Crippen molar-refractivity contribution in [3.8, 4) is 0 Å². The van der Waals surface area contributed by atoms with Crippen molar-refractivity contribution in [2.24, 2.45) is 0 Å². The second-order valence-corrected chi connectivity index (χ2v) is 4.22. The fraction of sp³-hybridized carbons (Fsp3) is 0.538. The van der Waals surface area contributed by atoms with E-state index in [1.165, 1.54) is 0 Å². The first kappa shape index (κ1) is 13.5. The quantitative estimate of drug-likeness (QED) is 0.732. The summed E-state index contributed by atoms with van der Waals surface area (Å²) in [5, 5.41) is 3.15. The molecule has 1 N–H and O–H groups in total. The minimum Gasteiger partial charge on any atom is -0.463 e. The Hall–Kier alpha value is -1.98. The largest absolute Gasteiger partial charge is 0.463 e. The number of rotatable bonds is 4. The van der Waals surface area contributed by atoms with Gasteiger partial charge in [-0.05, 0) is 19.9 Å². The lowest BCUT2D eigenvalue weighted by atomic mass is 10.1. The van der Waals surface area contributed by atoms with Crippen molar-refractivity contribution in [1.82, 2.24) is 10.2 Å². The molecule has 0 spiro atoms. The minimum absolute atomic E-state index is 0.304. The molecule has 0 aromatic heterocycles. The Balaban J connectivity index is 2.28. The van der Waals surface area contributed by atoms with Gasteiger partial charge in [-0.25, -0.2) is 9.59 Å². The van der Waals surface area contributed by atoms with Crippen molar-refractivity contribution in [3.05, 3.63) is 23.0 Å². The van der Waals surface area contributed by atoms with Gasteiger partial charge in [0.05, 0.1) is 25.3 Å². The Morgan fingerprint density at radius 3 is 2.63 bits per heavy atom. The molecule has 0 aliphatic carbocycles. The van der Waals surface area contributed by atoms with Gasteiger partial charge < -0.3 is 19.7 Å². The predicted octanol–water partition coefficient (Wildman–Crippen LogP) is 0.169. The molecule has 6 heteroatoms. The third-order valence-electron chi connectivity index (χ3n) is 2.96. The highest BCUT2D eigenvalue weighted by Crippen LogP contribution is 2.23. The van der Waals surface area contributed by atoms with Crippen LogP contribution < -0.4 is 5.32 Å². The van der Waals surface area contributed by atoms with Crippen LogP contribution in [0.15, 0.2) is 23.0 Å². The maximum absolute atomic E-state index is 11.9. The molecule has 6 nitrogen and oxygen atoms in total. The predicted molar refractivity (Wildman–Crippen MR) is 68.0 cm³/mol. The SMILES string of the molecule is CCOC(=O)C1=CC(C(=O)OCC)=C2NCCN2C1. The van der Waals surface area contributed by atoms with E-state index in [-0.39, 0.29) is 5.97 Å². The van der Waals surface area contributed by atoms with Crippen LogP contribution in [0.1, 0.15) is 13.8 Å². The second kappa shape index (κ2) is 5.77. The van der Waals surface area contributed by atoms with Crippen molar-refractivity contribution >= 4 is 11.9 Å². The summed E-state index contributed by atoms with van der Waals surface area (Å²) in [5.41, 5.74) is 0.881. The standard InChI is InChI=1S/C13H18N2O4/c1-3-18-12(16)9-7-10(13(17)19-4-2)11-14-5-6-15(11)8-9/h7,14H,3-6,8H2,1-2H3. The molecule has 2 aliphatic rings. The highest BCUT2D eigenvalue weighted by molar-refractivity contribution is 5.98. The molecule has 2 aliphatic heterocycles. The number of hydrogen-bond acceptors (Lipinski definition) is 6. The van der Waals surface area contributed by atoms with Gasteiger partial charge in [0, 0.05) is 13.1 Å². The first-order valence-electron chi connectivity index (χ1n) is 6.45. The van der Waals surface area contributed by atoms with Crippen LogP contribution in [0.25, 0.3) is 0 Å². The lowest BCUT2D eigenvalue weighted by Gasteiger charge is -2.25. The van der Waals surface area contributed by atoms with Crippen molar-refractivity contribution in [2.75, 3.05) is 32.8 Å². The number of fused-ring (bicyclic) bond motifs is 1. The van der Waals surface area contributed by atoms with E-state index in [0.717, 1.165) is 18.9 Å². The highest BCUT2D eigenvalue weighted by Gasteiger charge is 2.31. The summed E-state index contributed by atoms with van der Waals surface area (Å²) in [6, 6.07) is 0. The smallest absolute Gasteiger partial charge is 0.341 e. The van der Waals surface area contributed by atoms with E-state index < -0.39 is 5.97 Å². The van der Waals surface area contributed by atoms with E-state index in [0.29, 0.717) is 30.9 Å². The summed E-state index contributed by atoms with van der Waals surface area (Å²) < 4.78 is 10.0. The van der Waals surface area contributed by atoms with Crippen molar-refractivity contribution in [2.45, 2.75) is 13.8 Å². The first-order valence-corrected chi connectivity index (χ1v) is 6.45. The van der Waals surface area contributed by atoms with Crippen molar-refractivity contribution in [3.63, 3.8) is 0 Å². The number of ether oxygens (including phenoxy) is 2. The lowest BCUT2D eigenvalue weighted by Crippen LogP contribution is -2.32. The maximum Gasteiger partial charge on any atom is 0.341 e. The molecule has 104 valence electrons. The minimum atomic E-state index is -0.418. The first-order chi connectivity index (χ1) is 9.17. The lowest BCUT2D eigenvalue weighted by molar-refractivity contribution is -0.138. The third-order valence-corrected chi connectivity index (χ3v) is 2.96. The molecule has 0 saturated carbocycles. The number of hydrogen-bond donors (Lipinski definition) is 1. The van der Waals surface area contributed by atoms with E-state index in [4.69, 9.17) is 9.47 Å². The van der Waals surface area contributed by atoms with E-state index in [2.05, 4.69) is 5.32 Å². The number of nitrogens with zero attached hydrogens (tertiary/aromatic N) is 1. The van der Waals surface area contributed by atoms with E-state index >= 15 is 0 Å². The van der Waals surface area contributed by atoms with Gasteiger partial charge in [-0.15, -0.1) is 0 Å². The number of carbonyl (C=O) groups is 2. The number of nitrogens with one attached hydrogen (secondary N) is 1. The Kier molecular flexibility index (Phi) is 4.09. The molecule has 0 aromatic carbocycles. The van der Waals surface area contributed by atoms with Crippen LogP contribution in [0.3, 0.4) is 0 Å². The second-order valence-electron chi connectivity index (χ2n) is 4.22. The summed E-state index contributed by atoms with van der Waals surface area (Å²) in [6.07, 6.45) is 1.57. The number of esters is 2. The van der Waals surface area contributed by atoms with Gasteiger partial charge >= 0.3 is 11.9 Å². The Morgan fingerprint density at radius 2 is 1.95 bits per heavy atom. The van der Waals surface area contributed by atoms with Crippen LogP contribution in [0, 0.1) is 0 Å². The zero-order valence-electron chi connectivity index (χ0n) is 11.2. The van der Waals surface area contributed by atoms with Crippen LogP contribution in [0.2, 0.25) is 0 Å². The van der Waals surface area contributed by atoms with Crippen LogP contribution in [-0.2, 0) is 19.1 Å². The molecular weight excluding hydrogens is 248 g/mol. The summed E-state index contributed by atoms with van der Waals surface area (Å²) in [7, 11) is 0. The van der Waals surface area contributed by atoms with Crippen molar-refractivity contribution < 1.29 is 19.1 Å². The Bertz CT molecular complexity index is 454. The van der Waals surface area contributed by atoms with Crippen molar-refractivity contribution in [1.29, 1.82) is 0 Å². The monoisotopic (exact) mass is 266 g/mol. The van der Waals surface area contributed by atoms with Gasteiger partial charge in [-0.2, -0.15) is 0 Å². The molecule has 1 fully saturated rings. The third kappa shape index (κ3) is 2.72. The van der Waals surface area contributed by atoms with Crippen LogP contribution in [0.5, 0.6) is 0 Å². The zero-order chi connectivity index (χ0) is 13.8. The molecule has 0 bridgehead atoms. The van der Waals surface area contributed by atoms with Gasteiger partial charge in [0.2, 0.25) is 0 Å². The Morgan fingerprint density at radius 1 is 1.26 bits per heavy atom. The van der Waals surface area contributed by atoms with E-state index in [1.807, 2.05) is 4.90 Å². The summed E-state index contributed by atoms with van der Waals surface area (Å²) in [5.74, 6) is -0.0554.